The highest BCUT2D eigenvalue weighted by molar-refractivity contribution is 6.18. The molecule has 3 heterocycles. The normalized spacial score (nSPS) is 14.7. The summed E-state index contributed by atoms with van der Waals surface area (Å²) in [4.78, 5) is 26.7. The molecule has 7 nitrogen and oxygen atoms in total. The Kier molecular flexibility index (Phi) is 9.76. The molecule has 1 aliphatic carbocycles. The van der Waals surface area contributed by atoms with Crippen molar-refractivity contribution in [3.8, 4) is 62.1 Å². The van der Waals surface area contributed by atoms with Gasteiger partial charge < -0.3 is 9.88 Å². The van der Waals surface area contributed by atoms with Crippen LogP contribution in [-0.4, -0.2) is 31.2 Å². The third-order valence-electron chi connectivity index (χ3n) is 13.9. The fourth-order valence-electron chi connectivity index (χ4n) is 10.6. The van der Waals surface area contributed by atoms with Crippen LogP contribution in [-0.2, 0) is 5.41 Å². The predicted octanol–water partition coefficient (Wildman–Crippen LogP) is 14.4. The molecule has 1 atom stereocenters. The summed E-state index contributed by atoms with van der Waals surface area (Å²) in [6.45, 7) is 4.63. The van der Waals surface area contributed by atoms with Gasteiger partial charge in [-0.05, 0) is 57.6 Å². The molecule has 70 heavy (non-hydrogen) atoms. The standard InChI is InChI=1S/C63H45N7/c1-63(2)52-34-17-15-30-49(52)55-50(33-20-35-53(55)63)61-66-59(42-25-11-5-12-26-42)65-60(69-61)43-37-38-45(47-31-19-32-48-46-29-16-18-36-54(46)70(56(47)48)44-27-13-6-14-28-44)51(39-43)62-67-57(40-21-7-3-8-22-40)64-58(68-62)41-23-9-4-10-24-41/h3-39,59H,1-2H3,(H,65,66,69). The average Bonchev–Trinajstić information content (AvgIpc) is 3.90. The smallest absolute Gasteiger partial charge is 0.164 e. The van der Waals surface area contributed by atoms with E-state index in [9.17, 15) is 0 Å². The Hall–Kier alpha value is -9.07. The molecule has 7 heteroatoms. The Bertz CT molecular complexity index is 3820. The van der Waals surface area contributed by atoms with Gasteiger partial charge in [-0.3, -0.25) is 0 Å². The number of hydrogen-bond donors (Lipinski definition) is 1. The van der Waals surface area contributed by atoms with Crippen molar-refractivity contribution in [2.45, 2.75) is 25.4 Å². The van der Waals surface area contributed by atoms with Gasteiger partial charge in [0.25, 0.3) is 0 Å². The molecule has 1 aliphatic heterocycles. The minimum Gasteiger partial charge on any atom is -0.344 e. The van der Waals surface area contributed by atoms with Crippen LogP contribution in [0.2, 0.25) is 0 Å². The van der Waals surface area contributed by atoms with Crippen LogP contribution >= 0.6 is 0 Å². The highest BCUT2D eigenvalue weighted by Gasteiger charge is 2.38. The number of hydrogen-bond acceptors (Lipinski definition) is 6. The van der Waals surface area contributed by atoms with Crippen molar-refractivity contribution in [2.24, 2.45) is 9.98 Å². The summed E-state index contributed by atoms with van der Waals surface area (Å²) in [6, 6.07) is 78.5. The van der Waals surface area contributed by atoms with Crippen molar-refractivity contribution in [1.29, 1.82) is 0 Å². The van der Waals surface area contributed by atoms with E-state index in [0.29, 0.717) is 23.3 Å². The van der Waals surface area contributed by atoms with Gasteiger partial charge >= 0.3 is 0 Å². The van der Waals surface area contributed by atoms with Crippen LogP contribution in [0.15, 0.2) is 234 Å². The quantitative estimate of drug-likeness (QED) is 0.165. The van der Waals surface area contributed by atoms with E-state index in [1.165, 1.54) is 27.6 Å². The molecule has 9 aromatic carbocycles. The SMILES string of the molecule is CC1(C)c2ccccc2-c2c(C3=NC(c4ccc(-c5cccc6c7ccccc7n(-c7ccccc7)c56)c(-c5nc(-c6ccccc6)nc(-c6ccccc6)n5)c4)=NC(c4ccccc4)N3)cccc21. The minimum atomic E-state index is -0.408. The van der Waals surface area contributed by atoms with E-state index in [-0.39, 0.29) is 5.41 Å². The van der Waals surface area contributed by atoms with Crippen LogP contribution in [0.1, 0.15) is 47.8 Å². The summed E-state index contributed by atoms with van der Waals surface area (Å²) < 4.78 is 2.38. The Morgan fingerprint density at radius 2 is 1.01 bits per heavy atom. The van der Waals surface area contributed by atoms with Crippen LogP contribution in [0.25, 0.3) is 83.9 Å². The molecule has 0 saturated heterocycles. The summed E-state index contributed by atoms with van der Waals surface area (Å²) in [7, 11) is 0. The lowest BCUT2D eigenvalue weighted by molar-refractivity contribution is 0.659. The van der Waals surface area contributed by atoms with E-state index in [1.807, 2.05) is 66.7 Å². The van der Waals surface area contributed by atoms with Crippen LogP contribution in [0.5, 0.6) is 0 Å². The topological polar surface area (TPSA) is 80.3 Å². The van der Waals surface area contributed by atoms with Crippen molar-refractivity contribution in [1.82, 2.24) is 24.8 Å². The summed E-state index contributed by atoms with van der Waals surface area (Å²) >= 11 is 0. The van der Waals surface area contributed by atoms with E-state index in [4.69, 9.17) is 24.9 Å². The number of amidine groups is 2. The first-order valence-electron chi connectivity index (χ1n) is 23.8. The zero-order valence-electron chi connectivity index (χ0n) is 38.6. The maximum absolute atomic E-state index is 5.49. The maximum Gasteiger partial charge on any atom is 0.164 e. The molecule has 0 radical (unpaired) electrons. The number of para-hydroxylation sites is 3. The highest BCUT2D eigenvalue weighted by atomic mass is 15.2. The molecule has 0 saturated carbocycles. The van der Waals surface area contributed by atoms with E-state index in [1.54, 1.807) is 0 Å². The van der Waals surface area contributed by atoms with Gasteiger partial charge in [0.05, 0.1) is 11.0 Å². The monoisotopic (exact) mass is 899 g/mol. The molecule has 0 spiro atoms. The molecule has 1 unspecified atom stereocenters. The second-order valence-electron chi connectivity index (χ2n) is 18.5. The number of rotatable bonds is 8. The molecule has 11 aromatic rings. The van der Waals surface area contributed by atoms with Gasteiger partial charge in [-0.1, -0.05) is 214 Å². The Morgan fingerprint density at radius 3 is 1.76 bits per heavy atom. The Balaban J connectivity index is 1.08. The molecule has 1 N–H and O–H groups in total. The van der Waals surface area contributed by atoms with Gasteiger partial charge in [0.15, 0.2) is 23.3 Å². The van der Waals surface area contributed by atoms with Crippen LogP contribution in [0.4, 0.5) is 0 Å². The van der Waals surface area contributed by atoms with Gasteiger partial charge in [0, 0.05) is 55.3 Å². The van der Waals surface area contributed by atoms with E-state index >= 15 is 0 Å². The number of nitrogens with zero attached hydrogens (tertiary/aromatic N) is 6. The highest BCUT2D eigenvalue weighted by Crippen LogP contribution is 2.50. The van der Waals surface area contributed by atoms with E-state index < -0.39 is 6.17 Å². The largest absolute Gasteiger partial charge is 0.344 e. The zero-order valence-corrected chi connectivity index (χ0v) is 38.6. The van der Waals surface area contributed by atoms with Crippen molar-refractivity contribution in [3.63, 3.8) is 0 Å². The molecular weight excluding hydrogens is 855 g/mol. The third-order valence-corrected chi connectivity index (χ3v) is 13.9. The number of fused-ring (bicyclic) bond motifs is 6. The fraction of sp³-hybridized carbons (Fsp3) is 0.0635. The lowest BCUT2D eigenvalue weighted by Gasteiger charge is -2.26. The van der Waals surface area contributed by atoms with Gasteiger partial charge in [-0.2, -0.15) is 0 Å². The molecule has 0 bridgehead atoms. The minimum absolute atomic E-state index is 0.172. The summed E-state index contributed by atoms with van der Waals surface area (Å²) in [5.41, 5.74) is 15.7. The molecule has 0 fully saturated rings. The fourth-order valence-corrected chi connectivity index (χ4v) is 10.6. The molecular formula is C63H45N7. The third kappa shape index (κ3) is 6.85. The number of aliphatic imine (C=N–C) groups is 2. The molecule has 2 aromatic heterocycles. The Morgan fingerprint density at radius 1 is 0.443 bits per heavy atom. The van der Waals surface area contributed by atoms with Crippen LogP contribution < -0.4 is 5.32 Å². The molecule has 0 amide bonds. The van der Waals surface area contributed by atoms with Crippen molar-refractivity contribution >= 4 is 33.5 Å². The number of aromatic nitrogens is 4. The van der Waals surface area contributed by atoms with Crippen molar-refractivity contribution in [2.75, 3.05) is 0 Å². The molecule has 2 aliphatic rings. The maximum atomic E-state index is 5.49. The lowest BCUT2D eigenvalue weighted by atomic mass is 9.82. The second kappa shape index (κ2) is 16.6. The lowest BCUT2D eigenvalue weighted by Crippen LogP contribution is -2.34. The Labute approximate surface area is 406 Å². The van der Waals surface area contributed by atoms with E-state index in [0.717, 1.165) is 72.5 Å². The average molecular weight is 900 g/mol. The first-order valence-corrected chi connectivity index (χ1v) is 23.8. The van der Waals surface area contributed by atoms with Crippen molar-refractivity contribution in [3.05, 3.63) is 252 Å². The zero-order chi connectivity index (χ0) is 46.8. The molecule has 332 valence electrons. The van der Waals surface area contributed by atoms with Crippen molar-refractivity contribution < 1.29 is 0 Å². The van der Waals surface area contributed by atoms with Gasteiger partial charge in [0.2, 0.25) is 0 Å². The van der Waals surface area contributed by atoms with Gasteiger partial charge in [-0.15, -0.1) is 0 Å². The van der Waals surface area contributed by atoms with Gasteiger partial charge in [0.1, 0.15) is 12.0 Å². The molecule has 13 rings (SSSR count). The first kappa shape index (κ1) is 41.1. The van der Waals surface area contributed by atoms with Crippen LogP contribution in [0.3, 0.4) is 0 Å². The first-order chi connectivity index (χ1) is 34.5. The number of benzene rings is 9. The predicted molar refractivity (Wildman–Crippen MR) is 285 cm³/mol. The van der Waals surface area contributed by atoms with Crippen LogP contribution in [0, 0.1) is 0 Å². The number of nitrogens with one attached hydrogen (secondary N) is 1. The second-order valence-corrected chi connectivity index (χ2v) is 18.5. The summed E-state index contributed by atoms with van der Waals surface area (Å²) in [5.74, 6) is 3.09. The van der Waals surface area contributed by atoms with Gasteiger partial charge in [-0.25, -0.2) is 24.9 Å². The summed E-state index contributed by atoms with van der Waals surface area (Å²) in [6.07, 6.45) is -0.408. The summed E-state index contributed by atoms with van der Waals surface area (Å²) in [5, 5.41) is 6.12. The van der Waals surface area contributed by atoms with E-state index in [2.05, 4.69) is 181 Å².